The maximum atomic E-state index is 13.5. The van der Waals surface area contributed by atoms with Crippen LogP contribution in [0.1, 0.15) is 36.7 Å². The first-order valence-electron chi connectivity index (χ1n) is 10.4. The molecule has 178 valence electrons. The van der Waals surface area contributed by atoms with Crippen molar-refractivity contribution in [3.63, 3.8) is 0 Å². The zero-order valence-electron chi connectivity index (χ0n) is 18.8. The van der Waals surface area contributed by atoms with E-state index in [4.69, 9.17) is 0 Å². The topological polar surface area (TPSA) is 111 Å². The summed E-state index contributed by atoms with van der Waals surface area (Å²) in [4.78, 5) is 30.8. The van der Waals surface area contributed by atoms with Crippen LogP contribution < -0.4 is 11.2 Å². The average Bonchev–Trinajstić information content (AvgIpc) is 3.27. The molecule has 1 aromatic carbocycles. The fourth-order valence-corrected chi connectivity index (χ4v) is 3.83. The molecule has 0 radical (unpaired) electrons. The third-order valence-corrected chi connectivity index (χ3v) is 5.42. The monoisotopic (exact) mass is 481 g/mol. The van der Waals surface area contributed by atoms with Crippen molar-refractivity contribution in [3.05, 3.63) is 86.7 Å². The number of hydrogen-bond acceptors (Lipinski definition) is 6. The summed E-state index contributed by atoms with van der Waals surface area (Å²) in [5.41, 5.74) is -1.93. The fraction of sp³-hybridized carbons (Fsp3) is 0.217. The minimum atomic E-state index is -4.63. The minimum Gasteiger partial charge on any atom is -0.275 e. The second kappa shape index (κ2) is 8.68. The summed E-state index contributed by atoms with van der Waals surface area (Å²) in [7, 11) is 0. The molecule has 4 rings (SSSR count). The molecule has 35 heavy (non-hydrogen) atoms. The van der Waals surface area contributed by atoms with Gasteiger partial charge < -0.3 is 0 Å². The van der Waals surface area contributed by atoms with Crippen LogP contribution in [0.2, 0.25) is 0 Å². The summed E-state index contributed by atoms with van der Waals surface area (Å²) in [5, 5.41) is 17.4. The number of pyridine rings is 1. The van der Waals surface area contributed by atoms with Crippen LogP contribution in [0.4, 0.5) is 13.2 Å². The Balaban J connectivity index is 2.09. The number of nitriles is 1. The Morgan fingerprint density at radius 2 is 1.89 bits per heavy atom. The highest BCUT2D eigenvalue weighted by molar-refractivity contribution is 5.65. The molecule has 0 aliphatic rings. The van der Waals surface area contributed by atoms with Gasteiger partial charge in [-0.25, -0.2) is 4.79 Å². The standard InChI is InChI=1S/C23H18F3N7O2/c1-13(2)32-21(34)19(31-12-29-30-20(31)18-7-8-28-11-15(18)10-27)14(3)33(22(32)35)17-6-4-5-16(9-17)23(24,25)26/h4-9,11-13H,1-3H3. The van der Waals surface area contributed by atoms with Gasteiger partial charge >= 0.3 is 11.9 Å². The van der Waals surface area contributed by atoms with Gasteiger partial charge in [-0.05, 0) is 45.0 Å². The van der Waals surface area contributed by atoms with Crippen molar-refractivity contribution >= 4 is 0 Å². The maximum absolute atomic E-state index is 13.5. The molecule has 0 amide bonds. The van der Waals surface area contributed by atoms with Crippen molar-refractivity contribution in [2.75, 3.05) is 0 Å². The van der Waals surface area contributed by atoms with Crippen LogP contribution in [0.5, 0.6) is 0 Å². The van der Waals surface area contributed by atoms with E-state index in [-0.39, 0.29) is 28.5 Å². The van der Waals surface area contributed by atoms with Crippen molar-refractivity contribution in [3.8, 4) is 28.8 Å². The van der Waals surface area contributed by atoms with Crippen LogP contribution in [0, 0.1) is 18.3 Å². The molecule has 4 aromatic rings. The molecule has 0 saturated heterocycles. The Morgan fingerprint density at radius 1 is 1.14 bits per heavy atom. The molecule has 0 aliphatic carbocycles. The number of hydrogen-bond donors (Lipinski definition) is 0. The molecular formula is C23H18F3N7O2. The minimum absolute atomic E-state index is 0.0450. The Hall–Kier alpha value is -4.53. The summed E-state index contributed by atoms with van der Waals surface area (Å²) in [6, 6.07) is 7.20. The van der Waals surface area contributed by atoms with Gasteiger partial charge in [0.1, 0.15) is 18.1 Å². The van der Waals surface area contributed by atoms with Gasteiger partial charge in [-0.1, -0.05) is 6.07 Å². The predicted octanol–water partition coefficient (Wildman–Crippen LogP) is 3.42. The lowest BCUT2D eigenvalue weighted by Crippen LogP contribution is -2.43. The second-order valence-corrected chi connectivity index (χ2v) is 7.93. The molecule has 12 heteroatoms. The van der Waals surface area contributed by atoms with E-state index in [1.807, 2.05) is 6.07 Å². The third kappa shape index (κ3) is 4.01. The molecule has 3 aromatic heterocycles. The first-order chi connectivity index (χ1) is 16.6. The summed E-state index contributed by atoms with van der Waals surface area (Å²) in [6.45, 7) is 4.68. The highest BCUT2D eigenvalue weighted by Crippen LogP contribution is 2.31. The van der Waals surface area contributed by atoms with Crippen molar-refractivity contribution in [1.82, 2.24) is 28.9 Å². The Morgan fingerprint density at radius 3 is 2.54 bits per heavy atom. The van der Waals surface area contributed by atoms with E-state index in [1.165, 1.54) is 48.4 Å². The van der Waals surface area contributed by atoms with E-state index in [2.05, 4.69) is 15.2 Å². The number of rotatable bonds is 4. The van der Waals surface area contributed by atoms with E-state index in [0.29, 0.717) is 5.56 Å². The number of benzene rings is 1. The average molecular weight is 481 g/mol. The van der Waals surface area contributed by atoms with Crippen LogP contribution in [0.25, 0.3) is 22.8 Å². The quantitative estimate of drug-likeness (QED) is 0.442. The Bertz CT molecular complexity index is 1590. The first kappa shape index (κ1) is 23.6. The van der Waals surface area contributed by atoms with Gasteiger partial charge in [-0.3, -0.25) is 23.5 Å². The summed E-state index contributed by atoms with van der Waals surface area (Å²) in [6.07, 6.45) is -0.610. The van der Waals surface area contributed by atoms with Crippen LogP contribution in [-0.2, 0) is 6.18 Å². The van der Waals surface area contributed by atoms with Gasteiger partial charge in [-0.2, -0.15) is 18.4 Å². The molecule has 3 heterocycles. The summed E-state index contributed by atoms with van der Waals surface area (Å²) in [5.74, 6) is 0.133. The van der Waals surface area contributed by atoms with Gasteiger partial charge in [0.25, 0.3) is 5.56 Å². The smallest absolute Gasteiger partial charge is 0.275 e. The molecule has 9 nitrogen and oxygen atoms in total. The normalized spacial score (nSPS) is 11.6. The number of nitrogens with zero attached hydrogens (tertiary/aromatic N) is 7. The molecule has 0 unspecified atom stereocenters. The predicted molar refractivity (Wildman–Crippen MR) is 119 cm³/mol. The van der Waals surface area contributed by atoms with E-state index in [0.717, 1.165) is 21.3 Å². The molecule has 0 bridgehead atoms. The first-order valence-corrected chi connectivity index (χ1v) is 10.4. The van der Waals surface area contributed by atoms with Gasteiger partial charge in [0.05, 0.1) is 22.5 Å². The van der Waals surface area contributed by atoms with Crippen LogP contribution in [-0.4, -0.2) is 28.9 Å². The lowest BCUT2D eigenvalue weighted by molar-refractivity contribution is -0.137. The van der Waals surface area contributed by atoms with E-state index in [9.17, 15) is 28.0 Å². The second-order valence-electron chi connectivity index (χ2n) is 7.93. The number of halogens is 3. The summed E-state index contributed by atoms with van der Waals surface area (Å²) >= 11 is 0. The Labute approximate surface area is 196 Å². The number of aromatic nitrogens is 6. The highest BCUT2D eigenvalue weighted by atomic mass is 19.4. The van der Waals surface area contributed by atoms with Crippen molar-refractivity contribution in [1.29, 1.82) is 5.26 Å². The molecule has 0 aliphatic heterocycles. The van der Waals surface area contributed by atoms with Gasteiger partial charge in [0.2, 0.25) is 0 Å². The van der Waals surface area contributed by atoms with Gasteiger partial charge in [-0.15, -0.1) is 10.2 Å². The van der Waals surface area contributed by atoms with Crippen molar-refractivity contribution < 1.29 is 13.2 Å². The Kier molecular flexibility index (Phi) is 5.86. The lowest BCUT2D eigenvalue weighted by Gasteiger charge is -2.20. The number of alkyl halides is 3. The van der Waals surface area contributed by atoms with Gasteiger partial charge in [0, 0.05) is 24.0 Å². The van der Waals surface area contributed by atoms with Crippen LogP contribution >= 0.6 is 0 Å². The summed E-state index contributed by atoms with van der Waals surface area (Å²) < 4.78 is 43.4. The van der Waals surface area contributed by atoms with E-state index < -0.39 is 29.0 Å². The molecule has 0 atom stereocenters. The van der Waals surface area contributed by atoms with Crippen molar-refractivity contribution in [2.45, 2.75) is 33.0 Å². The molecule has 0 N–H and O–H groups in total. The molecular weight excluding hydrogens is 463 g/mol. The largest absolute Gasteiger partial charge is 0.416 e. The van der Waals surface area contributed by atoms with E-state index >= 15 is 0 Å². The third-order valence-electron chi connectivity index (χ3n) is 5.42. The molecule has 0 fully saturated rings. The SMILES string of the molecule is Cc1c(-n2cnnc2-c2ccncc2C#N)c(=O)n(C(C)C)c(=O)n1-c1cccc(C(F)(F)F)c1. The van der Waals surface area contributed by atoms with Gasteiger partial charge in [0.15, 0.2) is 5.82 Å². The van der Waals surface area contributed by atoms with E-state index in [1.54, 1.807) is 13.8 Å². The molecule has 0 spiro atoms. The molecule has 0 saturated carbocycles. The highest BCUT2D eigenvalue weighted by Gasteiger charge is 2.31. The zero-order chi connectivity index (χ0) is 25.5. The van der Waals surface area contributed by atoms with Crippen LogP contribution in [0.15, 0.2) is 58.6 Å². The lowest BCUT2D eigenvalue weighted by atomic mass is 10.1. The van der Waals surface area contributed by atoms with Crippen LogP contribution in [0.3, 0.4) is 0 Å². The zero-order valence-corrected chi connectivity index (χ0v) is 18.8. The fourth-order valence-electron chi connectivity index (χ4n) is 3.83. The maximum Gasteiger partial charge on any atom is 0.416 e. The van der Waals surface area contributed by atoms with Crippen molar-refractivity contribution in [2.24, 2.45) is 0 Å².